The van der Waals surface area contributed by atoms with Crippen LogP contribution in [0.15, 0.2) is 9.59 Å². The Kier molecular flexibility index (Phi) is 2.91. The summed E-state index contributed by atoms with van der Waals surface area (Å²) >= 11 is 0. The first-order chi connectivity index (χ1) is 8.09. The molecule has 1 atom stereocenters. The predicted molar refractivity (Wildman–Crippen MR) is 58.7 cm³/mol. The van der Waals surface area contributed by atoms with Crippen LogP contribution in [-0.2, 0) is 4.79 Å². The Hall–Kier alpha value is -2.16. The molecular formula is C8H12N6O3. The topological polar surface area (TPSA) is 137 Å². The van der Waals surface area contributed by atoms with Gasteiger partial charge in [-0.05, 0) is 0 Å². The van der Waals surface area contributed by atoms with E-state index in [1.807, 2.05) is 0 Å². The van der Waals surface area contributed by atoms with E-state index < -0.39 is 23.2 Å². The number of hydrogen-bond donors (Lipinski definition) is 4. The molecule has 1 aliphatic heterocycles. The van der Waals surface area contributed by atoms with Crippen LogP contribution in [0, 0.1) is 0 Å². The molecule has 0 bridgehead atoms. The number of primary amides is 1. The highest BCUT2D eigenvalue weighted by Gasteiger charge is 2.29. The summed E-state index contributed by atoms with van der Waals surface area (Å²) in [4.78, 5) is 37.2. The van der Waals surface area contributed by atoms with Crippen molar-refractivity contribution in [2.45, 2.75) is 6.04 Å². The third-order valence-corrected chi connectivity index (χ3v) is 2.54. The largest absolute Gasteiger partial charge is 0.368 e. The van der Waals surface area contributed by atoms with E-state index in [0.717, 1.165) is 0 Å². The summed E-state index contributed by atoms with van der Waals surface area (Å²) in [5.41, 5.74) is 3.91. The number of aromatic amines is 2. The Labute approximate surface area is 95.0 Å². The molecule has 0 saturated carbocycles. The van der Waals surface area contributed by atoms with Gasteiger partial charge in [0.15, 0.2) is 0 Å². The predicted octanol–water partition coefficient (Wildman–Crippen LogP) is -3.28. The van der Waals surface area contributed by atoms with Crippen LogP contribution in [-0.4, -0.2) is 46.8 Å². The molecule has 17 heavy (non-hydrogen) atoms. The number of nitrogens with one attached hydrogen (secondary N) is 3. The Morgan fingerprint density at radius 2 is 2.24 bits per heavy atom. The van der Waals surface area contributed by atoms with Crippen molar-refractivity contribution in [2.75, 3.05) is 24.5 Å². The van der Waals surface area contributed by atoms with Crippen molar-refractivity contribution in [3.63, 3.8) is 0 Å². The number of hydrogen-bond acceptors (Lipinski definition) is 6. The Balaban J connectivity index is 2.39. The quantitative estimate of drug-likeness (QED) is 0.428. The average molecular weight is 240 g/mol. The van der Waals surface area contributed by atoms with Crippen LogP contribution in [0.4, 0.5) is 5.82 Å². The van der Waals surface area contributed by atoms with Gasteiger partial charge in [0.25, 0.3) is 5.56 Å². The lowest BCUT2D eigenvalue weighted by atomic mass is 10.2. The molecule has 1 unspecified atom stereocenters. The molecule has 1 aliphatic rings. The Bertz CT molecular complexity index is 535. The fourth-order valence-electron chi connectivity index (χ4n) is 1.75. The first-order valence-corrected chi connectivity index (χ1v) is 5.05. The summed E-state index contributed by atoms with van der Waals surface area (Å²) in [5, 5.41) is 8.76. The smallest absolute Gasteiger partial charge is 0.342 e. The van der Waals surface area contributed by atoms with Gasteiger partial charge >= 0.3 is 5.69 Å². The number of anilines is 1. The van der Waals surface area contributed by atoms with Crippen molar-refractivity contribution in [3.05, 3.63) is 20.8 Å². The SMILES string of the molecule is NC(=O)C1CNCCN1c1n[nH]c(=O)[nH]c1=O. The summed E-state index contributed by atoms with van der Waals surface area (Å²) in [6.07, 6.45) is 0. The molecule has 2 rings (SSSR count). The molecule has 0 aromatic carbocycles. The minimum Gasteiger partial charge on any atom is -0.368 e. The lowest BCUT2D eigenvalue weighted by Gasteiger charge is -2.33. The molecule has 1 aromatic rings. The normalized spacial score (nSPS) is 20.2. The van der Waals surface area contributed by atoms with Crippen LogP contribution >= 0.6 is 0 Å². The molecular weight excluding hydrogens is 228 g/mol. The van der Waals surface area contributed by atoms with Crippen molar-refractivity contribution in [1.82, 2.24) is 20.5 Å². The zero-order chi connectivity index (χ0) is 12.4. The van der Waals surface area contributed by atoms with Crippen molar-refractivity contribution in [1.29, 1.82) is 0 Å². The second-order valence-electron chi connectivity index (χ2n) is 3.65. The zero-order valence-electron chi connectivity index (χ0n) is 8.90. The number of H-pyrrole nitrogens is 2. The van der Waals surface area contributed by atoms with Crippen LogP contribution < -0.4 is 27.2 Å². The lowest BCUT2D eigenvalue weighted by Crippen LogP contribution is -2.58. The van der Waals surface area contributed by atoms with Gasteiger partial charge in [0.2, 0.25) is 11.7 Å². The highest BCUT2D eigenvalue weighted by molar-refractivity contribution is 5.83. The summed E-state index contributed by atoms with van der Waals surface area (Å²) in [7, 11) is 0. The standard InChI is InChI=1S/C8H12N6O3/c9-5(15)4-3-10-1-2-14(4)6-7(16)11-8(17)13-12-6/h4,10H,1-3H2,(H2,9,15)(H2,11,13,16,17). The summed E-state index contributed by atoms with van der Waals surface area (Å²) in [5.74, 6) is -0.556. The van der Waals surface area contributed by atoms with Crippen molar-refractivity contribution >= 4 is 11.7 Å². The second kappa shape index (κ2) is 4.37. The number of carbonyl (C=O) groups excluding carboxylic acids is 1. The molecule has 0 radical (unpaired) electrons. The van der Waals surface area contributed by atoms with E-state index in [4.69, 9.17) is 5.73 Å². The number of nitrogens with two attached hydrogens (primary N) is 1. The Morgan fingerprint density at radius 1 is 1.47 bits per heavy atom. The lowest BCUT2D eigenvalue weighted by molar-refractivity contribution is -0.119. The molecule has 1 fully saturated rings. The first kappa shape index (κ1) is 11.3. The van der Waals surface area contributed by atoms with Crippen LogP contribution in [0.25, 0.3) is 0 Å². The fourth-order valence-corrected chi connectivity index (χ4v) is 1.75. The van der Waals surface area contributed by atoms with E-state index in [2.05, 4.69) is 20.5 Å². The van der Waals surface area contributed by atoms with Gasteiger partial charge in [-0.25, -0.2) is 9.89 Å². The monoisotopic (exact) mass is 240 g/mol. The van der Waals surface area contributed by atoms with Gasteiger partial charge < -0.3 is 16.0 Å². The average Bonchev–Trinajstić information content (AvgIpc) is 2.29. The minimum absolute atomic E-state index is 0.00472. The maximum atomic E-state index is 11.6. The van der Waals surface area contributed by atoms with E-state index in [1.165, 1.54) is 4.90 Å². The number of rotatable bonds is 2. The fraction of sp³-hybridized carbons (Fsp3) is 0.500. The molecule has 1 amide bonds. The van der Waals surface area contributed by atoms with Crippen LogP contribution in [0.1, 0.15) is 0 Å². The molecule has 2 heterocycles. The third-order valence-electron chi connectivity index (χ3n) is 2.54. The van der Waals surface area contributed by atoms with E-state index in [9.17, 15) is 14.4 Å². The van der Waals surface area contributed by atoms with E-state index in [0.29, 0.717) is 19.6 Å². The van der Waals surface area contributed by atoms with Gasteiger partial charge in [-0.3, -0.25) is 14.6 Å². The van der Waals surface area contributed by atoms with Crippen molar-refractivity contribution in [3.8, 4) is 0 Å². The first-order valence-electron chi connectivity index (χ1n) is 5.05. The molecule has 9 nitrogen and oxygen atoms in total. The van der Waals surface area contributed by atoms with Gasteiger partial charge in [0.05, 0.1) is 0 Å². The van der Waals surface area contributed by atoms with Crippen LogP contribution in [0.5, 0.6) is 0 Å². The molecule has 1 aromatic heterocycles. The maximum absolute atomic E-state index is 11.6. The third kappa shape index (κ3) is 2.18. The van der Waals surface area contributed by atoms with E-state index in [-0.39, 0.29) is 5.82 Å². The summed E-state index contributed by atoms with van der Waals surface area (Å²) in [6, 6.07) is -0.650. The van der Waals surface area contributed by atoms with Crippen LogP contribution in [0.2, 0.25) is 0 Å². The molecule has 0 spiro atoms. The van der Waals surface area contributed by atoms with E-state index in [1.54, 1.807) is 0 Å². The minimum atomic E-state index is -0.690. The summed E-state index contributed by atoms with van der Waals surface area (Å²) in [6.45, 7) is 1.36. The second-order valence-corrected chi connectivity index (χ2v) is 3.65. The number of nitrogens with zero attached hydrogens (tertiary/aromatic N) is 2. The Morgan fingerprint density at radius 3 is 2.88 bits per heavy atom. The van der Waals surface area contributed by atoms with Gasteiger partial charge in [-0.15, -0.1) is 5.10 Å². The van der Waals surface area contributed by atoms with Crippen molar-refractivity contribution in [2.24, 2.45) is 5.73 Å². The van der Waals surface area contributed by atoms with Crippen molar-refractivity contribution < 1.29 is 4.79 Å². The molecule has 0 aliphatic carbocycles. The molecule has 1 saturated heterocycles. The summed E-state index contributed by atoms with van der Waals surface area (Å²) < 4.78 is 0. The highest BCUT2D eigenvalue weighted by atomic mass is 16.2. The molecule has 92 valence electrons. The number of piperazine rings is 1. The van der Waals surface area contributed by atoms with Crippen LogP contribution in [0.3, 0.4) is 0 Å². The number of carbonyl (C=O) groups is 1. The number of amides is 1. The van der Waals surface area contributed by atoms with Gasteiger partial charge in [0.1, 0.15) is 6.04 Å². The molecule has 5 N–H and O–H groups in total. The van der Waals surface area contributed by atoms with Gasteiger partial charge in [0, 0.05) is 19.6 Å². The van der Waals surface area contributed by atoms with Gasteiger partial charge in [-0.2, -0.15) is 0 Å². The maximum Gasteiger partial charge on any atom is 0.342 e. The number of aromatic nitrogens is 3. The molecule has 9 heteroatoms. The zero-order valence-corrected chi connectivity index (χ0v) is 8.90. The van der Waals surface area contributed by atoms with E-state index >= 15 is 0 Å². The highest BCUT2D eigenvalue weighted by Crippen LogP contribution is 2.08. The van der Waals surface area contributed by atoms with Gasteiger partial charge in [-0.1, -0.05) is 0 Å².